The average molecular weight is 311 g/mol. The first-order chi connectivity index (χ1) is 9.83. The molecule has 2 rings (SSSR count). The second-order valence-corrected chi connectivity index (χ2v) is 6.88. The molecule has 0 fully saturated rings. The molecule has 0 aliphatic heterocycles. The summed E-state index contributed by atoms with van der Waals surface area (Å²) in [4.78, 5) is 0.680. The summed E-state index contributed by atoms with van der Waals surface area (Å²) in [5.41, 5.74) is 0.0351. The predicted octanol–water partition coefficient (Wildman–Crippen LogP) is 4.74. The predicted molar refractivity (Wildman–Crippen MR) is 81.2 cm³/mol. The zero-order chi connectivity index (χ0) is 15.5. The van der Waals surface area contributed by atoms with Gasteiger partial charge in [-0.05, 0) is 51.1 Å². The number of rotatable bonds is 5. The van der Waals surface area contributed by atoms with E-state index in [4.69, 9.17) is 4.42 Å². The molecule has 2 aromatic rings. The maximum Gasteiger partial charge on any atom is 0.159 e. The minimum absolute atomic E-state index is 0.0351. The first-order valence-electron chi connectivity index (χ1n) is 6.74. The highest BCUT2D eigenvalue weighted by Gasteiger charge is 2.10. The van der Waals surface area contributed by atoms with Crippen molar-refractivity contribution in [3.63, 3.8) is 0 Å². The van der Waals surface area contributed by atoms with Crippen LogP contribution in [0.1, 0.15) is 32.3 Å². The highest BCUT2D eigenvalue weighted by atomic mass is 32.2. The van der Waals surface area contributed by atoms with Gasteiger partial charge < -0.3 is 9.73 Å². The van der Waals surface area contributed by atoms with Crippen molar-refractivity contribution in [2.24, 2.45) is 0 Å². The van der Waals surface area contributed by atoms with E-state index >= 15 is 0 Å². The van der Waals surface area contributed by atoms with Gasteiger partial charge in [-0.3, -0.25) is 0 Å². The fraction of sp³-hybridized carbons (Fsp3) is 0.375. The van der Waals surface area contributed by atoms with Crippen LogP contribution in [0, 0.1) is 11.6 Å². The molecule has 1 aromatic heterocycles. The second-order valence-electron chi connectivity index (χ2n) is 5.84. The highest BCUT2D eigenvalue weighted by Crippen LogP contribution is 2.25. The Morgan fingerprint density at radius 1 is 1.05 bits per heavy atom. The lowest BCUT2D eigenvalue weighted by Crippen LogP contribution is -2.34. The van der Waals surface area contributed by atoms with E-state index < -0.39 is 11.6 Å². The van der Waals surface area contributed by atoms with Gasteiger partial charge in [0.15, 0.2) is 11.6 Å². The van der Waals surface area contributed by atoms with E-state index in [0.29, 0.717) is 17.2 Å². The lowest BCUT2D eigenvalue weighted by Gasteiger charge is -2.19. The molecule has 0 saturated heterocycles. The minimum atomic E-state index is -0.826. The lowest BCUT2D eigenvalue weighted by atomic mass is 10.1. The van der Waals surface area contributed by atoms with Crippen molar-refractivity contribution in [2.45, 2.75) is 43.5 Å². The van der Waals surface area contributed by atoms with Gasteiger partial charge in [0.1, 0.15) is 11.5 Å². The summed E-state index contributed by atoms with van der Waals surface area (Å²) in [6, 6.07) is 7.74. The fourth-order valence-corrected chi connectivity index (χ4v) is 2.48. The minimum Gasteiger partial charge on any atom is -0.464 e. The Hall–Kier alpha value is -1.33. The monoisotopic (exact) mass is 311 g/mol. The van der Waals surface area contributed by atoms with E-state index in [-0.39, 0.29) is 5.54 Å². The third-order valence-electron chi connectivity index (χ3n) is 2.78. The van der Waals surface area contributed by atoms with Gasteiger partial charge in [0.2, 0.25) is 0 Å². The molecule has 0 bridgehead atoms. The molecular weight excluding hydrogens is 292 g/mol. The van der Waals surface area contributed by atoms with Gasteiger partial charge in [-0.25, -0.2) is 8.78 Å². The zero-order valence-corrected chi connectivity index (χ0v) is 13.2. The summed E-state index contributed by atoms with van der Waals surface area (Å²) >= 11 is 1.41. The largest absolute Gasteiger partial charge is 0.464 e. The number of nitrogens with one attached hydrogen (secondary N) is 1. The normalized spacial score (nSPS) is 11.9. The Morgan fingerprint density at radius 2 is 1.76 bits per heavy atom. The summed E-state index contributed by atoms with van der Waals surface area (Å²) in [6.45, 7) is 6.95. The molecular formula is C16H19F2NOS. The van der Waals surface area contributed by atoms with Crippen molar-refractivity contribution in [1.29, 1.82) is 0 Å². The molecule has 1 heterocycles. The maximum absolute atomic E-state index is 13.1. The zero-order valence-electron chi connectivity index (χ0n) is 12.4. The number of furan rings is 1. The van der Waals surface area contributed by atoms with Gasteiger partial charge in [0.25, 0.3) is 0 Å². The van der Waals surface area contributed by atoms with Crippen LogP contribution in [0.2, 0.25) is 0 Å². The van der Waals surface area contributed by atoms with Crippen LogP contribution >= 0.6 is 11.8 Å². The molecule has 0 aliphatic rings. The summed E-state index contributed by atoms with van der Waals surface area (Å²) in [5.74, 6) is 0.615. The van der Waals surface area contributed by atoms with Crippen LogP contribution in [0.3, 0.4) is 0 Å². The molecule has 0 radical (unpaired) electrons. The van der Waals surface area contributed by atoms with Gasteiger partial charge in [0, 0.05) is 10.4 Å². The molecule has 21 heavy (non-hydrogen) atoms. The molecule has 5 heteroatoms. The van der Waals surface area contributed by atoms with Gasteiger partial charge in [0.05, 0.1) is 12.3 Å². The Morgan fingerprint density at radius 3 is 2.43 bits per heavy atom. The molecule has 0 saturated carbocycles. The van der Waals surface area contributed by atoms with E-state index in [2.05, 4.69) is 26.1 Å². The fourth-order valence-electron chi connectivity index (χ4n) is 1.67. The third kappa shape index (κ3) is 5.17. The Labute approximate surface area is 127 Å². The smallest absolute Gasteiger partial charge is 0.159 e. The average Bonchev–Trinajstić information content (AvgIpc) is 2.85. The Bertz CT molecular complexity index is 605. The summed E-state index contributed by atoms with van der Waals surface area (Å²) < 4.78 is 31.6. The van der Waals surface area contributed by atoms with Crippen molar-refractivity contribution in [3.05, 3.63) is 53.5 Å². The quantitative estimate of drug-likeness (QED) is 0.808. The second kappa shape index (κ2) is 6.62. The van der Waals surface area contributed by atoms with Gasteiger partial charge in [-0.1, -0.05) is 0 Å². The van der Waals surface area contributed by atoms with Gasteiger partial charge in [-0.15, -0.1) is 11.8 Å². The van der Waals surface area contributed by atoms with Gasteiger partial charge >= 0.3 is 0 Å². The van der Waals surface area contributed by atoms with Crippen LogP contribution in [0.25, 0.3) is 0 Å². The van der Waals surface area contributed by atoms with Crippen LogP contribution in [-0.2, 0) is 12.3 Å². The van der Waals surface area contributed by atoms with E-state index in [1.807, 2.05) is 12.1 Å². The van der Waals surface area contributed by atoms with Gasteiger partial charge in [-0.2, -0.15) is 0 Å². The number of thioether (sulfide) groups is 1. The first-order valence-corrected chi connectivity index (χ1v) is 7.72. The standard InChI is InChI=1S/C16H19F2NOS/c1-16(2,3)19-9-11-4-5-12(20-11)10-21-13-6-7-14(17)15(18)8-13/h4-8,19H,9-10H2,1-3H3. The van der Waals surface area contributed by atoms with Crippen LogP contribution in [0.5, 0.6) is 0 Å². The van der Waals surface area contributed by atoms with Crippen molar-refractivity contribution in [1.82, 2.24) is 5.32 Å². The SMILES string of the molecule is CC(C)(C)NCc1ccc(CSc2ccc(F)c(F)c2)o1. The molecule has 0 atom stereocenters. The molecule has 0 unspecified atom stereocenters. The van der Waals surface area contributed by atoms with Crippen molar-refractivity contribution in [3.8, 4) is 0 Å². The summed E-state index contributed by atoms with van der Waals surface area (Å²) in [6.07, 6.45) is 0. The molecule has 1 N–H and O–H groups in total. The molecule has 0 aliphatic carbocycles. The maximum atomic E-state index is 13.1. The highest BCUT2D eigenvalue weighted by molar-refractivity contribution is 7.98. The number of benzene rings is 1. The van der Waals surface area contributed by atoms with E-state index in [1.165, 1.54) is 17.8 Å². The van der Waals surface area contributed by atoms with Crippen LogP contribution in [0.15, 0.2) is 39.6 Å². The van der Waals surface area contributed by atoms with Crippen LogP contribution < -0.4 is 5.32 Å². The van der Waals surface area contributed by atoms with Crippen LogP contribution in [-0.4, -0.2) is 5.54 Å². The third-order valence-corrected chi connectivity index (χ3v) is 3.80. The van der Waals surface area contributed by atoms with Crippen LogP contribution in [0.4, 0.5) is 8.78 Å². The number of halogens is 2. The molecule has 0 amide bonds. The first kappa shape index (κ1) is 16.0. The molecule has 114 valence electrons. The number of hydrogen-bond donors (Lipinski definition) is 1. The lowest BCUT2D eigenvalue weighted by molar-refractivity contribution is 0.382. The topological polar surface area (TPSA) is 25.2 Å². The molecule has 0 spiro atoms. The van der Waals surface area contributed by atoms with Crippen molar-refractivity contribution >= 4 is 11.8 Å². The summed E-state index contributed by atoms with van der Waals surface area (Å²) in [5, 5.41) is 3.35. The van der Waals surface area contributed by atoms with Crippen molar-refractivity contribution in [2.75, 3.05) is 0 Å². The number of hydrogen-bond acceptors (Lipinski definition) is 3. The van der Waals surface area contributed by atoms with E-state index in [0.717, 1.165) is 17.6 Å². The van der Waals surface area contributed by atoms with E-state index in [1.54, 1.807) is 6.07 Å². The molecule has 1 aromatic carbocycles. The van der Waals surface area contributed by atoms with Crippen molar-refractivity contribution < 1.29 is 13.2 Å². The summed E-state index contributed by atoms with van der Waals surface area (Å²) in [7, 11) is 0. The van der Waals surface area contributed by atoms with E-state index in [9.17, 15) is 8.78 Å². The Kier molecular flexibility index (Phi) is 5.06. The Balaban J connectivity index is 1.89. The molecule has 2 nitrogen and oxygen atoms in total.